The SMILES string of the molecule is O=C1C2=C(OC(c3ccccc3)(c3ccccc3)C2)C(=O)c2ccccc21. The summed E-state index contributed by atoms with van der Waals surface area (Å²) in [7, 11) is 0. The van der Waals surface area contributed by atoms with Gasteiger partial charge in [0.15, 0.2) is 17.1 Å². The molecule has 1 heterocycles. The Bertz CT molecular complexity index is 1010. The van der Waals surface area contributed by atoms with Gasteiger partial charge in [0.25, 0.3) is 0 Å². The van der Waals surface area contributed by atoms with Gasteiger partial charge in [0.1, 0.15) is 0 Å². The summed E-state index contributed by atoms with van der Waals surface area (Å²) in [6, 6.07) is 26.5. The maximum absolute atomic E-state index is 13.1. The van der Waals surface area contributed by atoms with Crippen molar-refractivity contribution in [3.8, 4) is 0 Å². The van der Waals surface area contributed by atoms with Crippen molar-refractivity contribution in [2.45, 2.75) is 12.0 Å². The van der Waals surface area contributed by atoms with Crippen molar-refractivity contribution >= 4 is 11.6 Å². The van der Waals surface area contributed by atoms with E-state index in [1.807, 2.05) is 60.7 Å². The molecule has 1 aliphatic carbocycles. The first kappa shape index (κ1) is 15.8. The van der Waals surface area contributed by atoms with Crippen LogP contribution in [0.5, 0.6) is 0 Å². The van der Waals surface area contributed by atoms with Crippen LogP contribution in [0.15, 0.2) is 96.3 Å². The Kier molecular flexibility index (Phi) is 3.37. The van der Waals surface area contributed by atoms with Gasteiger partial charge >= 0.3 is 0 Å². The van der Waals surface area contributed by atoms with E-state index in [1.54, 1.807) is 24.3 Å². The summed E-state index contributed by atoms with van der Waals surface area (Å²) in [5.41, 5.74) is 2.32. The predicted molar refractivity (Wildman–Crippen MR) is 101 cm³/mol. The molecule has 0 spiro atoms. The molecule has 0 bridgehead atoms. The summed E-state index contributed by atoms with van der Waals surface area (Å²) in [5.74, 6) is -0.144. The Balaban J connectivity index is 1.69. The van der Waals surface area contributed by atoms with Gasteiger partial charge in [-0.3, -0.25) is 9.59 Å². The fourth-order valence-corrected chi connectivity index (χ4v) is 4.04. The lowest BCUT2D eigenvalue weighted by atomic mass is 9.79. The molecule has 3 aromatic carbocycles. The molecule has 0 fully saturated rings. The molecule has 27 heavy (non-hydrogen) atoms. The Labute approximate surface area is 156 Å². The fraction of sp³-hybridized carbons (Fsp3) is 0.0833. The highest BCUT2D eigenvalue weighted by Crippen LogP contribution is 2.49. The lowest BCUT2D eigenvalue weighted by molar-refractivity contribution is 0.0508. The second-order valence-corrected chi connectivity index (χ2v) is 6.85. The average Bonchev–Trinajstić information content (AvgIpc) is 3.16. The largest absolute Gasteiger partial charge is 0.473 e. The Morgan fingerprint density at radius 3 is 1.67 bits per heavy atom. The molecule has 0 aromatic heterocycles. The van der Waals surface area contributed by atoms with E-state index in [0.717, 1.165) is 11.1 Å². The van der Waals surface area contributed by atoms with Gasteiger partial charge < -0.3 is 4.74 Å². The lowest BCUT2D eigenvalue weighted by Crippen LogP contribution is -2.28. The molecule has 3 heteroatoms. The van der Waals surface area contributed by atoms with Crippen LogP contribution in [0.2, 0.25) is 0 Å². The molecule has 0 saturated heterocycles. The van der Waals surface area contributed by atoms with E-state index < -0.39 is 5.60 Å². The standard InChI is InChI=1S/C24H16O3/c25-21-18-13-7-8-14-19(18)22(26)23-20(21)15-24(27-23,16-9-3-1-4-10-16)17-11-5-2-6-12-17/h1-14H,15H2. The minimum Gasteiger partial charge on any atom is -0.473 e. The molecule has 0 radical (unpaired) electrons. The highest BCUT2D eigenvalue weighted by atomic mass is 16.5. The molecule has 1 aliphatic heterocycles. The van der Waals surface area contributed by atoms with Crippen molar-refractivity contribution in [3.05, 3.63) is 119 Å². The third-order valence-corrected chi connectivity index (χ3v) is 5.35. The number of carbonyl (C=O) groups excluding carboxylic acids is 2. The number of hydrogen-bond acceptors (Lipinski definition) is 3. The maximum atomic E-state index is 13.1. The normalized spacial score (nSPS) is 17.3. The summed E-state index contributed by atoms with van der Waals surface area (Å²) >= 11 is 0. The molecule has 0 atom stereocenters. The van der Waals surface area contributed by atoms with E-state index in [0.29, 0.717) is 23.1 Å². The predicted octanol–water partition coefficient (Wildman–Crippen LogP) is 4.68. The second kappa shape index (κ2) is 5.78. The smallest absolute Gasteiger partial charge is 0.228 e. The molecular weight excluding hydrogens is 336 g/mol. The molecule has 0 amide bonds. The highest BCUT2D eigenvalue weighted by Gasteiger charge is 2.50. The summed E-state index contributed by atoms with van der Waals surface area (Å²) in [6.07, 6.45) is 0.343. The van der Waals surface area contributed by atoms with Gasteiger partial charge in [-0.15, -0.1) is 0 Å². The van der Waals surface area contributed by atoms with Gasteiger partial charge in [0.05, 0.1) is 5.57 Å². The molecule has 0 N–H and O–H groups in total. The maximum Gasteiger partial charge on any atom is 0.228 e. The van der Waals surface area contributed by atoms with Crippen LogP contribution in [0.1, 0.15) is 38.3 Å². The van der Waals surface area contributed by atoms with E-state index in [2.05, 4.69) is 0 Å². The van der Waals surface area contributed by atoms with E-state index in [4.69, 9.17) is 4.74 Å². The Morgan fingerprint density at radius 1 is 0.630 bits per heavy atom. The van der Waals surface area contributed by atoms with Crippen molar-refractivity contribution in [1.29, 1.82) is 0 Å². The summed E-state index contributed by atoms with van der Waals surface area (Å²) in [6.45, 7) is 0. The number of ether oxygens (including phenoxy) is 1. The number of benzene rings is 3. The molecule has 5 rings (SSSR count). The van der Waals surface area contributed by atoms with Crippen LogP contribution in [0, 0.1) is 0 Å². The molecule has 3 nitrogen and oxygen atoms in total. The molecule has 2 aliphatic rings. The van der Waals surface area contributed by atoms with Crippen molar-refractivity contribution in [2.75, 3.05) is 0 Å². The average molecular weight is 352 g/mol. The number of fused-ring (bicyclic) bond motifs is 1. The number of rotatable bonds is 2. The van der Waals surface area contributed by atoms with Crippen molar-refractivity contribution in [3.63, 3.8) is 0 Å². The minimum absolute atomic E-state index is 0.117. The van der Waals surface area contributed by atoms with Crippen molar-refractivity contribution in [1.82, 2.24) is 0 Å². The van der Waals surface area contributed by atoms with Crippen LogP contribution >= 0.6 is 0 Å². The van der Waals surface area contributed by atoms with Crippen LogP contribution in [0.25, 0.3) is 0 Å². The van der Waals surface area contributed by atoms with Crippen LogP contribution < -0.4 is 0 Å². The van der Waals surface area contributed by atoms with Gasteiger partial charge in [0, 0.05) is 28.7 Å². The van der Waals surface area contributed by atoms with Crippen LogP contribution in [-0.2, 0) is 10.3 Å². The van der Waals surface area contributed by atoms with Crippen molar-refractivity contribution < 1.29 is 14.3 Å². The number of carbonyl (C=O) groups is 2. The third-order valence-electron chi connectivity index (χ3n) is 5.35. The first-order valence-electron chi connectivity index (χ1n) is 8.92. The van der Waals surface area contributed by atoms with E-state index in [1.165, 1.54) is 0 Å². The topological polar surface area (TPSA) is 43.4 Å². The van der Waals surface area contributed by atoms with E-state index in [-0.39, 0.29) is 17.3 Å². The van der Waals surface area contributed by atoms with E-state index in [9.17, 15) is 9.59 Å². The highest BCUT2D eigenvalue weighted by molar-refractivity contribution is 6.26. The quantitative estimate of drug-likeness (QED) is 0.672. The minimum atomic E-state index is -0.874. The zero-order valence-electron chi connectivity index (χ0n) is 14.5. The third kappa shape index (κ3) is 2.21. The molecule has 0 unspecified atom stereocenters. The lowest BCUT2D eigenvalue weighted by Gasteiger charge is -2.31. The number of allylic oxidation sites excluding steroid dienone is 1. The Morgan fingerprint density at radius 2 is 1.11 bits per heavy atom. The van der Waals surface area contributed by atoms with Crippen LogP contribution in [0.4, 0.5) is 0 Å². The van der Waals surface area contributed by atoms with Gasteiger partial charge in [-0.2, -0.15) is 0 Å². The monoisotopic (exact) mass is 352 g/mol. The van der Waals surface area contributed by atoms with Gasteiger partial charge in [-0.1, -0.05) is 84.9 Å². The van der Waals surface area contributed by atoms with Crippen molar-refractivity contribution in [2.24, 2.45) is 0 Å². The summed E-state index contributed by atoms with van der Waals surface area (Å²) in [4.78, 5) is 26.2. The fourth-order valence-electron chi connectivity index (χ4n) is 4.04. The zero-order valence-corrected chi connectivity index (χ0v) is 14.5. The van der Waals surface area contributed by atoms with Gasteiger partial charge in [-0.25, -0.2) is 0 Å². The first-order chi connectivity index (χ1) is 13.2. The molecular formula is C24H16O3. The van der Waals surface area contributed by atoms with Gasteiger partial charge in [-0.05, 0) is 0 Å². The zero-order chi connectivity index (χ0) is 18.4. The van der Waals surface area contributed by atoms with Gasteiger partial charge in [0.2, 0.25) is 5.78 Å². The number of ketones is 2. The van der Waals surface area contributed by atoms with E-state index >= 15 is 0 Å². The summed E-state index contributed by atoms with van der Waals surface area (Å²) < 4.78 is 6.37. The van der Waals surface area contributed by atoms with Crippen LogP contribution in [0.3, 0.4) is 0 Å². The second-order valence-electron chi connectivity index (χ2n) is 6.85. The number of hydrogen-bond donors (Lipinski definition) is 0. The Hall–Kier alpha value is -3.46. The summed E-state index contributed by atoms with van der Waals surface area (Å²) in [5, 5.41) is 0. The molecule has 3 aromatic rings. The molecule has 0 saturated carbocycles. The van der Waals surface area contributed by atoms with Crippen LogP contribution in [-0.4, -0.2) is 11.6 Å². The number of Topliss-reactive ketones (excluding diaryl/α,β-unsaturated/α-hetero) is 2. The molecule has 130 valence electrons. The first-order valence-corrected chi connectivity index (χ1v) is 8.92.